The first kappa shape index (κ1) is 13.3. The van der Waals surface area contributed by atoms with Crippen molar-refractivity contribution in [3.63, 3.8) is 0 Å². The zero-order valence-electron chi connectivity index (χ0n) is 10.0. The summed E-state index contributed by atoms with van der Waals surface area (Å²) in [7, 11) is 0. The third-order valence-corrected chi connectivity index (χ3v) is 2.79. The number of nitrogens with zero attached hydrogens (tertiary/aromatic N) is 1. The zero-order valence-corrected chi connectivity index (χ0v) is 10.8. The number of halogens is 1. The predicted molar refractivity (Wildman–Crippen MR) is 68.7 cm³/mol. The second-order valence-corrected chi connectivity index (χ2v) is 4.04. The van der Waals surface area contributed by atoms with E-state index >= 15 is 0 Å². The van der Waals surface area contributed by atoms with Gasteiger partial charge < -0.3 is 17.7 Å². The molecule has 0 radical (unpaired) electrons. The molecule has 1 aromatic rings. The molecule has 3 rings (SSSR count). The molecule has 0 fully saturated rings. The number of allylic oxidation sites excluding steroid dienone is 1. The molecule has 0 bridgehead atoms. The molecule has 1 aromatic carbocycles. The first-order valence-electron chi connectivity index (χ1n) is 5.71. The maximum atomic E-state index is 12.0. The van der Waals surface area contributed by atoms with E-state index in [1.54, 1.807) is 18.3 Å². The Hall–Kier alpha value is -2.17. The molecule has 4 nitrogen and oxygen atoms in total. The van der Waals surface area contributed by atoms with Gasteiger partial charge in [0.2, 0.25) is 5.84 Å². The molecule has 2 aliphatic rings. The van der Waals surface area contributed by atoms with Crippen molar-refractivity contribution in [2.45, 2.75) is 0 Å². The van der Waals surface area contributed by atoms with Crippen molar-refractivity contribution in [3.8, 4) is 0 Å². The molecule has 2 N–H and O–H groups in total. The Balaban J connectivity index is 0.00000133. The van der Waals surface area contributed by atoms with E-state index in [1.165, 1.54) is 0 Å². The number of amides is 1. The Labute approximate surface area is 117 Å². The van der Waals surface area contributed by atoms with Crippen LogP contribution in [0.2, 0.25) is 0 Å². The maximum Gasteiger partial charge on any atom is 0.255 e. The van der Waals surface area contributed by atoms with Gasteiger partial charge in [-0.2, -0.15) is 4.99 Å². The highest BCUT2D eigenvalue weighted by molar-refractivity contribution is 5.96. The van der Waals surface area contributed by atoms with Crippen molar-refractivity contribution in [3.05, 3.63) is 72.3 Å². The molecule has 0 aliphatic carbocycles. The number of nitrogens with one attached hydrogen (secondary N) is 2. The van der Waals surface area contributed by atoms with Crippen LogP contribution in [0.5, 0.6) is 0 Å². The summed E-state index contributed by atoms with van der Waals surface area (Å²) in [6.45, 7) is 0. The van der Waals surface area contributed by atoms with Gasteiger partial charge in [-0.1, -0.05) is 18.2 Å². The lowest BCUT2D eigenvalue weighted by Gasteiger charge is -2.12. The first-order valence-corrected chi connectivity index (χ1v) is 5.71. The number of fused-ring (bicyclic) bond motifs is 1. The highest BCUT2D eigenvalue weighted by atomic mass is 35.5. The lowest BCUT2D eigenvalue weighted by atomic mass is 10.2. The highest BCUT2D eigenvalue weighted by Gasteiger charge is 2.19. The van der Waals surface area contributed by atoms with Crippen molar-refractivity contribution < 1.29 is 22.1 Å². The number of benzene rings is 1. The van der Waals surface area contributed by atoms with E-state index in [0.717, 1.165) is 16.4 Å². The number of carbonyl (C=O) groups excluding carboxylic acids is 1. The van der Waals surface area contributed by atoms with Crippen LogP contribution in [0, 0.1) is 0 Å². The van der Waals surface area contributed by atoms with Crippen LogP contribution in [-0.4, -0.2) is 11.7 Å². The summed E-state index contributed by atoms with van der Waals surface area (Å²) >= 11 is 0. The fourth-order valence-electron chi connectivity index (χ4n) is 1.87. The van der Waals surface area contributed by atoms with E-state index in [2.05, 4.69) is 10.3 Å². The summed E-state index contributed by atoms with van der Waals surface area (Å²) in [6, 6.07) is 9.16. The molecule has 19 heavy (non-hydrogen) atoms. The van der Waals surface area contributed by atoms with E-state index in [0.29, 0.717) is 5.56 Å². The number of carbonyl (C=O) groups is 1. The molecule has 96 valence electrons. The standard InChI is InChI=1S/C14H11N3O.ClH/c18-14(11-4-2-1-3-5-11)16-12-6-7-13-15-8-9-17(13)10-12;/h1-10H,(H,16,18);1H. The molecule has 5 heteroatoms. The second-order valence-electron chi connectivity index (χ2n) is 4.04. The number of hydrogen-bond acceptors (Lipinski definition) is 2. The lowest BCUT2D eigenvalue weighted by Crippen LogP contribution is -3.05. The number of quaternary nitrogens is 1. The quantitative estimate of drug-likeness (QED) is 0.620. The summed E-state index contributed by atoms with van der Waals surface area (Å²) in [5.41, 5.74) is 1.43. The minimum atomic E-state index is -0.102. The van der Waals surface area contributed by atoms with Gasteiger partial charge in [-0.25, -0.2) is 4.90 Å². The molecule has 0 saturated carbocycles. The number of aliphatic imine (C=N–C) groups is 1. The summed E-state index contributed by atoms with van der Waals surface area (Å²) in [6.07, 6.45) is 9.36. The minimum Gasteiger partial charge on any atom is -1.00 e. The predicted octanol–water partition coefficient (Wildman–Crippen LogP) is -2.40. The number of rotatable bonds is 2. The second kappa shape index (κ2) is 5.65. The van der Waals surface area contributed by atoms with Crippen LogP contribution in [0.4, 0.5) is 0 Å². The largest absolute Gasteiger partial charge is 1.00 e. The highest BCUT2D eigenvalue weighted by Crippen LogP contribution is 2.02. The van der Waals surface area contributed by atoms with E-state index in [4.69, 9.17) is 0 Å². The van der Waals surface area contributed by atoms with E-state index in [1.807, 2.05) is 42.8 Å². The molecular formula is C14H12ClN3O. The van der Waals surface area contributed by atoms with Gasteiger partial charge >= 0.3 is 0 Å². The van der Waals surface area contributed by atoms with Crippen LogP contribution in [0.3, 0.4) is 0 Å². The Kier molecular flexibility index (Phi) is 3.94. The molecule has 0 saturated heterocycles. The first-order chi connectivity index (χ1) is 8.83. The van der Waals surface area contributed by atoms with Gasteiger partial charge in [-0.05, 0) is 18.2 Å². The van der Waals surface area contributed by atoms with Crippen LogP contribution >= 0.6 is 0 Å². The summed E-state index contributed by atoms with van der Waals surface area (Å²) < 4.78 is 0. The fraction of sp³-hybridized carbons (Fsp3) is 0. The minimum absolute atomic E-state index is 0. The summed E-state index contributed by atoms with van der Waals surface area (Å²) in [5, 5.41) is 2.87. The van der Waals surface area contributed by atoms with E-state index in [-0.39, 0.29) is 18.3 Å². The monoisotopic (exact) mass is 273 g/mol. The van der Waals surface area contributed by atoms with Gasteiger partial charge in [0.05, 0.1) is 11.9 Å². The Morgan fingerprint density at radius 2 is 1.95 bits per heavy atom. The molecular weight excluding hydrogens is 262 g/mol. The van der Waals surface area contributed by atoms with Gasteiger partial charge in [0.15, 0.2) is 0 Å². The van der Waals surface area contributed by atoms with Gasteiger partial charge in [-0.3, -0.25) is 4.79 Å². The molecule has 1 atom stereocenters. The van der Waals surface area contributed by atoms with Crippen molar-refractivity contribution in [2.75, 3.05) is 0 Å². The van der Waals surface area contributed by atoms with E-state index < -0.39 is 0 Å². The van der Waals surface area contributed by atoms with Crippen LogP contribution in [0.15, 0.2) is 71.8 Å². The van der Waals surface area contributed by atoms with Crippen molar-refractivity contribution in [1.29, 1.82) is 0 Å². The maximum absolute atomic E-state index is 12.0. The van der Waals surface area contributed by atoms with E-state index in [9.17, 15) is 4.79 Å². The molecule has 0 aromatic heterocycles. The smallest absolute Gasteiger partial charge is 0.255 e. The van der Waals surface area contributed by atoms with Crippen molar-refractivity contribution in [1.82, 2.24) is 5.32 Å². The lowest BCUT2D eigenvalue weighted by molar-refractivity contribution is -0.679. The zero-order chi connectivity index (χ0) is 12.4. The van der Waals surface area contributed by atoms with Crippen molar-refractivity contribution >= 4 is 11.7 Å². The van der Waals surface area contributed by atoms with Crippen LogP contribution in [0.25, 0.3) is 0 Å². The third-order valence-electron chi connectivity index (χ3n) is 2.79. The molecule has 1 unspecified atom stereocenters. The van der Waals surface area contributed by atoms with Crippen LogP contribution in [-0.2, 0) is 0 Å². The molecule has 1 amide bonds. The summed E-state index contributed by atoms with van der Waals surface area (Å²) in [5.74, 6) is 0.835. The normalized spacial score (nSPS) is 19.1. The van der Waals surface area contributed by atoms with Crippen LogP contribution in [0.1, 0.15) is 10.4 Å². The Bertz CT molecular complexity index is 602. The number of amidine groups is 1. The van der Waals surface area contributed by atoms with Crippen molar-refractivity contribution in [2.24, 2.45) is 4.99 Å². The number of hydrogen-bond donors (Lipinski definition) is 2. The van der Waals surface area contributed by atoms with Gasteiger partial charge in [0.25, 0.3) is 5.91 Å². The average Bonchev–Trinajstić information content (AvgIpc) is 2.87. The molecule has 2 heterocycles. The van der Waals surface area contributed by atoms with Gasteiger partial charge in [0, 0.05) is 11.6 Å². The average molecular weight is 274 g/mol. The Morgan fingerprint density at radius 3 is 2.74 bits per heavy atom. The Morgan fingerprint density at radius 1 is 1.16 bits per heavy atom. The fourth-order valence-corrected chi connectivity index (χ4v) is 1.87. The van der Waals surface area contributed by atoms with Gasteiger partial charge in [-0.15, -0.1) is 0 Å². The molecule has 2 aliphatic heterocycles. The molecule has 0 spiro atoms. The third kappa shape index (κ3) is 2.81. The SMILES string of the molecule is O=C(NC1=C[NH+]2C=CN=C2C=C1)c1ccccc1.[Cl-]. The van der Waals surface area contributed by atoms with Gasteiger partial charge in [0.1, 0.15) is 12.4 Å². The topological polar surface area (TPSA) is 45.9 Å². The van der Waals surface area contributed by atoms with Crippen LogP contribution < -0.4 is 22.6 Å². The summed E-state index contributed by atoms with van der Waals surface area (Å²) in [4.78, 5) is 17.2.